The van der Waals surface area contributed by atoms with Crippen LogP contribution in [-0.4, -0.2) is 83.9 Å². The fourth-order valence-electron chi connectivity index (χ4n) is 3.00. The van der Waals surface area contributed by atoms with E-state index in [9.17, 15) is 33.9 Å². The number of hydrogen-bond acceptors (Lipinski definition) is 10. The average Bonchev–Trinajstić information content (AvgIpc) is 2.80. The summed E-state index contributed by atoms with van der Waals surface area (Å²) in [5, 5.41) is 11.8. The van der Waals surface area contributed by atoms with Crippen LogP contribution in [0.2, 0.25) is 0 Å². The molecule has 1 saturated heterocycles. The lowest BCUT2D eigenvalue weighted by Gasteiger charge is -2.32. The number of benzene rings is 1. The maximum absolute atomic E-state index is 12.6. The topological polar surface area (TPSA) is 178 Å². The summed E-state index contributed by atoms with van der Waals surface area (Å²) in [6, 6.07) is 0.514. The van der Waals surface area contributed by atoms with Gasteiger partial charge in [0.05, 0.1) is 13.2 Å². The Morgan fingerprint density at radius 3 is 2.09 bits per heavy atom. The molecule has 1 atom stereocenters. The third kappa shape index (κ3) is 6.82. The Morgan fingerprint density at radius 2 is 1.54 bits per heavy atom. The van der Waals surface area contributed by atoms with Gasteiger partial charge >= 0.3 is 36.1 Å². The number of carboxylic acid groups (broad SMARTS) is 1. The van der Waals surface area contributed by atoms with Crippen LogP contribution in [-0.2, 0) is 23.9 Å². The molecule has 1 heterocycles. The lowest BCUT2D eigenvalue weighted by atomic mass is 10.1. The number of nitrogens with one attached hydrogen (secondary N) is 1. The van der Waals surface area contributed by atoms with Crippen molar-refractivity contribution in [2.24, 2.45) is 0 Å². The highest BCUT2D eigenvalue weighted by molar-refractivity contribution is 6.38. The van der Waals surface area contributed by atoms with Crippen molar-refractivity contribution < 1.29 is 52.8 Å². The largest absolute Gasteiger partial charge is 0.513 e. The first-order valence-corrected chi connectivity index (χ1v) is 10.6. The number of rotatable bonds is 8. The van der Waals surface area contributed by atoms with E-state index in [1.807, 2.05) is 0 Å². The van der Waals surface area contributed by atoms with Crippen molar-refractivity contribution in [3.63, 3.8) is 0 Å². The van der Waals surface area contributed by atoms with Crippen molar-refractivity contribution in [1.82, 2.24) is 15.1 Å². The highest BCUT2D eigenvalue weighted by Gasteiger charge is 2.37. The molecule has 0 aliphatic carbocycles. The number of amides is 4. The second kappa shape index (κ2) is 12.2. The van der Waals surface area contributed by atoms with Gasteiger partial charge in [-0.05, 0) is 38.5 Å². The monoisotopic (exact) mass is 495 g/mol. The van der Waals surface area contributed by atoms with Gasteiger partial charge < -0.3 is 34.3 Å². The van der Waals surface area contributed by atoms with Crippen molar-refractivity contribution in [1.29, 1.82) is 0 Å². The lowest BCUT2D eigenvalue weighted by molar-refractivity contribution is -0.153. The Balaban J connectivity index is 2.31. The van der Waals surface area contributed by atoms with Gasteiger partial charge in [-0.25, -0.2) is 19.2 Å². The first-order valence-electron chi connectivity index (χ1n) is 10.6. The van der Waals surface area contributed by atoms with Crippen LogP contribution >= 0.6 is 0 Å². The number of aliphatic carboxylic acids is 1. The van der Waals surface area contributed by atoms with Crippen LogP contribution in [0.4, 0.5) is 14.4 Å². The summed E-state index contributed by atoms with van der Waals surface area (Å²) in [6.07, 6.45) is -2.27. The molecule has 0 saturated carbocycles. The summed E-state index contributed by atoms with van der Waals surface area (Å²) in [7, 11) is 0. The molecule has 0 bridgehead atoms. The minimum atomic E-state index is -1.73. The zero-order valence-electron chi connectivity index (χ0n) is 19.3. The van der Waals surface area contributed by atoms with Gasteiger partial charge in [0.25, 0.3) is 0 Å². The van der Waals surface area contributed by atoms with E-state index in [1.165, 1.54) is 17.9 Å². The highest BCUT2D eigenvalue weighted by Crippen LogP contribution is 2.32. The van der Waals surface area contributed by atoms with Crippen LogP contribution in [0.3, 0.4) is 0 Å². The van der Waals surface area contributed by atoms with Crippen LogP contribution in [0.25, 0.3) is 0 Å². The molecule has 1 fully saturated rings. The Labute approximate surface area is 199 Å². The number of likely N-dealkylation sites (N-methyl/N-ethyl adjacent to an activating group) is 1. The number of piperazine rings is 1. The van der Waals surface area contributed by atoms with Gasteiger partial charge in [-0.3, -0.25) is 14.5 Å². The van der Waals surface area contributed by atoms with Gasteiger partial charge in [0, 0.05) is 19.6 Å². The van der Waals surface area contributed by atoms with Crippen molar-refractivity contribution in [3.05, 3.63) is 23.8 Å². The third-order valence-corrected chi connectivity index (χ3v) is 4.66. The second-order valence-corrected chi connectivity index (χ2v) is 6.84. The molecule has 4 amide bonds. The molecule has 2 rings (SSSR count). The average molecular weight is 495 g/mol. The van der Waals surface area contributed by atoms with Gasteiger partial charge in [0.2, 0.25) is 0 Å². The predicted octanol–water partition coefficient (Wildman–Crippen LogP) is 1.28. The molecule has 1 aromatic carbocycles. The van der Waals surface area contributed by atoms with Crippen molar-refractivity contribution in [3.8, 4) is 11.5 Å². The molecule has 0 radical (unpaired) electrons. The van der Waals surface area contributed by atoms with Gasteiger partial charge in [-0.15, -0.1) is 0 Å². The van der Waals surface area contributed by atoms with Crippen LogP contribution in [0.5, 0.6) is 11.5 Å². The molecule has 35 heavy (non-hydrogen) atoms. The fourth-order valence-corrected chi connectivity index (χ4v) is 3.00. The third-order valence-electron chi connectivity index (χ3n) is 4.66. The highest BCUT2D eigenvalue weighted by atomic mass is 16.7. The van der Waals surface area contributed by atoms with Crippen molar-refractivity contribution in [2.75, 3.05) is 32.8 Å². The Bertz CT molecular complexity index is 1010. The first kappa shape index (κ1) is 26.9. The number of nitrogens with zero attached hydrogens (tertiary/aromatic N) is 2. The number of hydrogen-bond donors (Lipinski definition) is 2. The van der Waals surface area contributed by atoms with E-state index < -0.39 is 47.9 Å². The SMILES string of the molecule is CCOC(=O)Oc1ccc(C(NC(=O)N2CCN(CC)C(=O)C2=O)C(=O)O)cc1OC(=O)OCC. The maximum atomic E-state index is 12.6. The zero-order valence-corrected chi connectivity index (χ0v) is 19.3. The van der Waals surface area contributed by atoms with E-state index >= 15 is 0 Å². The Kier molecular flexibility index (Phi) is 9.37. The van der Waals surface area contributed by atoms with Gasteiger partial charge in [-0.2, -0.15) is 0 Å². The number of ether oxygens (including phenoxy) is 4. The molecular formula is C21H25N3O11. The molecule has 1 aromatic rings. The summed E-state index contributed by atoms with van der Waals surface area (Å²) in [5.74, 6) is -4.18. The van der Waals surface area contributed by atoms with Crippen LogP contribution in [0.1, 0.15) is 32.4 Å². The molecule has 190 valence electrons. The van der Waals surface area contributed by atoms with Crippen molar-refractivity contribution in [2.45, 2.75) is 26.8 Å². The second-order valence-electron chi connectivity index (χ2n) is 6.84. The van der Waals surface area contributed by atoms with Crippen LogP contribution < -0.4 is 14.8 Å². The summed E-state index contributed by atoms with van der Waals surface area (Å²) < 4.78 is 19.3. The smallest absolute Gasteiger partial charge is 0.479 e. The van der Waals surface area contributed by atoms with E-state index in [1.54, 1.807) is 13.8 Å². The predicted molar refractivity (Wildman–Crippen MR) is 115 cm³/mol. The van der Waals surface area contributed by atoms with E-state index in [4.69, 9.17) is 9.47 Å². The minimum Gasteiger partial charge on any atom is -0.479 e. The summed E-state index contributed by atoms with van der Waals surface area (Å²) in [5.41, 5.74) is -0.104. The maximum Gasteiger partial charge on any atom is 0.513 e. The molecule has 1 unspecified atom stereocenters. The number of imide groups is 1. The summed E-state index contributed by atoms with van der Waals surface area (Å²) >= 11 is 0. The lowest BCUT2D eigenvalue weighted by Crippen LogP contribution is -2.58. The van der Waals surface area contributed by atoms with E-state index in [2.05, 4.69) is 14.8 Å². The molecule has 0 spiro atoms. The molecule has 0 aromatic heterocycles. The molecule has 14 heteroatoms. The molecular weight excluding hydrogens is 470 g/mol. The van der Waals surface area contributed by atoms with Gasteiger partial charge in [0.15, 0.2) is 17.5 Å². The quantitative estimate of drug-likeness (QED) is 0.301. The molecule has 14 nitrogen and oxygen atoms in total. The number of urea groups is 1. The summed E-state index contributed by atoms with van der Waals surface area (Å²) in [6.45, 7) is 4.97. The molecule has 1 aliphatic rings. The standard InChI is InChI=1S/C21H25N3O11/c1-4-23-9-10-24(17(26)16(23)25)19(29)22-15(18(27)28)12-7-8-13(34-20(30)32-5-2)14(11-12)35-21(31)33-6-3/h7-8,11,15H,4-6,9-10H2,1-3H3,(H,22,29)(H,27,28). The number of carbonyl (C=O) groups is 6. The zero-order chi connectivity index (χ0) is 26.1. The molecule has 1 aliphatic heterocycles. The van der Waals surface area contributed by atoms with Crippen LogP contribution in [0.15, 0.2) is 18.2 Å². The Morgan fingerprint density at radius 1 is 0.943 bits per heavy atom. The van der Waals surface area contributed by atoms with Gasteiger partial charge in [0.1, 0.15) is 0 Å². The summed E-state index contributed by atoms with van der Waals surface area (Å²) in [4.78, 5) is 74.2. The van der Waals surface area contributed by atoms with Gasteiger partial charge in [-0.1, -0.05) is 6.07 Å². The van der Waals surface area contributed by atoms with E-state index in [0.717, 1.165) is 12.1 Å². The van der Waals surface area contributed by atoms with E-state index in [-0.39, 0.29) is 44.2 Å². The number of carboxylic acids is 1. The van der Waals surface area contributed by atoms with E-state index in [0.29, 0.717) is 4.90 Å². The van der Waals surface area contributed by atoms with Crippen LogP contribution in [0, 0.1) is 0 Å². The minimum absolute atomic E-state index is 0.00580. The van der Waals surface area contributed by atoms with Crippen molar-refractivity contribution >= 4 is 36.1 Å². The Hall–Kier alpha value is -4.36. The molecule has 2 N–H and O–H groups in total. The fraction of sp³-hybridized carbons (Fsp3) is 0.429. The first-order chi connectivity index (χ1) is 16.6. The normalized spacial score (nSPS) is 14.1. The number of carbonyl (C=O) groups excluding carboxylic acids is 5.